The molecule has 1 aromatic carbocycles. The first-order valence-corrected chi connectivity index (χ1v) is 22.0. The highest BCUT2D eigenvalue weighted by Gasteiger charge is 2.94. The van der Waals surface area contributed by atoms with Crippen LogP contribution >= 0.6 is 15.9 Å². The van der Waals surface area contributed by atoms with Gasteiger partial charge in [0.2, 0.25) is 5.79 Å². The second-order valence-corrected chi connectivity index (χ2v) is 21.0. The third kappa shape index (κ3) is 4.95. The second-order valence-electron chi connectivity index (χ2n) is 18.6. The number of carbonyl (C=O) groups excluding carboxylic acids is 4. The summed E-state index contributed by atoms with van der Waals surface area (Å²) in [6.07, 6.45) is -18.0. The Bertz CT molecular complexity index is 2210. The summed E-state index contributed by atoms with van der Waals surface area (Å²) in [5.41, 5.74) is -8.46. The maximum Gasteiger partial charge on any atom is 0.471 e. The second kappa shape index (κ2) is 12.7. The van der Waals surface area contributed by atoms with Gasteiger partial charge < -0.3 is 44.7 Å². The monoisotopic (exact) mass is 935 g/mol. The molecule has 16 nitrogen and oxygen atoms in total. The fourth-order valence-corrected chi connectivity index (χ4v) is 16.1. The van der Waals surface area contributed by atoms with Crippen molar-refractivity contribution in [2.75, 3.05) is 0 Å². The topological polar surface area (TPSA) is 248 Å². The Labute approximate surface area is 350 Å². The van der Waals surface area contributed by atoms with E-state index in [4.69, 9.17) is 23.1 Å². The molecule has 9 rings (SSSR count). The van der Waals surface area contributed by atoms with E-state index in [1.165, 1.54) is 32.0 Å². The molecule has 1 spiro atoms. The number of nitrogens with one attached hydrogen (secondary N) is 1. The van der Waals surface area contributed by atoms with E-state index in [0.717, 1.165) is 26.8 Å². The van der Waals surface area contributed by atoms with Crippen LogP contribution in [-0.2, 0) is 52.4 Å². The molecule has 3 heterocycles. The molecule has 0 aromatic heterocycles. The molecule has 3 aliphatic heterocycles. The van der Waals surface area contributed by atoms with E-state index in [0.29, 0.717) is 0 Å². The predicted octanol–water partition coefficient (Wildman–Crippen LogP) is 1.13. The zero-order chi connectivity index (χ0) is 44.0. The number of benzene rings is 1. The van der Waals surface area contributed by atoms with E-state index in [1.54, 1.807) is 6.92 Å². The molecule has 60 heavy (non-hydrogen) atoms. The number of carbonyl (C=O) groups is 4. The first kappa shape index (κ1) is 42.5. The van der Waals surface area contributed by atoms with Crippen LogP contribution in [0.3, 0.4) is 0 Å². The summed E-state index contributed by atoms with van der Waals surface area (Å²) in [5, 5.41) is 52.4. The van der Waals surface area contributed by atoms with Gasteiger partial charge in [0.15, 0.2) is 5.60 Å². The number of ether oxygens (including phenoxy) is 4. The molecule has 21 atom stereocenters. The molecule has 3 saturated heterocycles. The standard InChI is InChI=1S/C39H45BrF3NO15S/c1-12-20-23(35(5)36(6,52)33(51)58-38(35)31(12)57-38)25(47)21-19-22(28(55-14(3)46)30(49)37(20,21)13(2)45)34(4)15(11-17-26(56-17)29(34)48)24(44-32(50)39(41,42)43)27(19)59-60(53,54)18-10-8-7-9-16(18)40/h7-10,12,15,17,19-31,47-49,52H,11H2,1-6H3,(H,44,50)/t12-,15?,17-,19-,20-,21+,22+,23-,24-,25+,26-,27+,28-,29-,30-,31+,34-,35-,36+,37+,38-/m0/s1. The van der Waals surface area contributed by atoms with Crippen molar-refractivity contribution in [3.8, 4) is 0 Å². The van der Waals surface area contributed by atoms with Crippen molar-refractivity contribution >= 4 is 49.7 Å². The Hall–Kier alpha value is -2.76. The maximum atomic E-state index is 14.9. The third-order valence-corrected chi connectivity index (χ3v) is 18.8. The number of hydrogen-bond donors (Lipinski definition) is 5. The van der Waals surface area contributed by atoms with Gasteiger partial charge in [-0.15, -0.1) is 0 Å². The van der Waals surface area contributed by atoms with Gasteiger partial charge in [-0.2, -0.15) is 21.6 Å². The normalized spacial score (nSPS) is 51.9. The van der Waals surface area contributed by atoms with Gasteiger partial charge in [0.05, 0.1) is 35.2 Å². The van der Waals surface area contributed by atoms with Crippen molar-refractivity contribution in [2.45, 2.75) is 125 Å². The number of rotatable bonds is 6. The zero-order valence-electron chi connectivity index (χ0n) is 33.0. The first-order chi connectivity index (χ1) is 27.7. The molecular formula is C39H45BrF3NO15S. The van der Waals surface area contributed by atoms with Crippen LogP contribution in [-0.4, -0.2) is 125 Å². The molecule has 0 radical (unpaired) electrons. The largest absolute Gasteiger partial charge is 0.471 e. The fraction of sp³-hybridized carbons (Fsp3) is 0.744. The van der Waals surface area contributed by atoms with E-state index in [1.807, 2.05) is 5.32 Å². The number of aliphatic hydroxyl groups excluding tert-OH is 3. The summed E-state index contributed by atoms with van der Waals surface area (Å²) in [7, 11) is -5.09. The first-order valence-electron chi connectivity index (χ1n) is 19.8. The number of alkyl halides is 3. The average molecular weight is 937 g/mol. The number of epoxide rings is 2. The summed E-state index contributed by atoms with van der Waals surface area (Å²) in [6.45, 7) is 7.74. The molecule has 1 aromatic rings. The fourth-order valence-electron chi connectivity index (χ4n) is 14.0. The van der Waals surface area contributed by atoms with E-state index >= 15 is 0 Å². The molecule has 5 N–H and O–H groups in total. The van der Waals surface area contributed by atoms with E-state index in [9.17, 15) is 61.2 Å². The predicted molar refractivity (Wildman–Crippen MR) is 195 cm³/mol. The summed E-state index contributed by atoms with van der Waals surface area (Å²) in [4.78, 5) is 54.2. The van der Waals surface area contributed by atoms with Crippen molar-refractivity contribution in [3.63, 3.8) is 0 Å². The number of amides is 1. The minimum atomic E-state index is -5.53. The quantitative estimate of drug-likeness (QED) is 0.153. The van der Waals surface area contributed by atoms with Gasteiger partial charge in [-0.05, 0) is 73.0 Å². The molecule has 5 aliphatic carbocycles. The summed E-state index contributed by atoms with van der Waals surface area (Å²) < 4.78 is 102. The van der Waals surface area contributed by atoms with Crippen LogP contribution in [0.15, 0.2) is 33.6 Å². The van der Waals surface area contributed by atoms with Crippen LogP contribution < -0.4 is 5.32 Å². The molecule has 1 amide bonds. The number of ketones is 1. The minimum Gasteiger partial charge on any atom is -0.459 e. The van der Waals surface area contributed by atoms with Crippen LogP contribution in [0.2, 0.25) is 0 Å². The van der Waals surface area contributed by atoms with Crippen LogP contribution in [0, 0.1) is 57.7 Å². The van der Waals surface area contributed by atoms with Crippen LogP contribution in [0.1, 0.15) is 48.0 Å². The highest BCUT2D eigenvalue weighted by molar-refractivity contribution is 9.10. The van der Waals surface area contributed by atoms with E-state index < -0.39 is 169 Å². The number of Topliss-reactive ketones (excluding diaryl/α,β-unsaturated/α-hetero) is 1. The van der Waals surface area contributed by atoms with Gasteiger partial charge in [0.25, 0.3) is 10.1 Å². The summed E-state index contributed by atoms with van der Waals surface area (Å²) >= 11 is 3.19. The molecular weight excluding hydrogens is 891 g/mol. The highest BCUT2D eigenvalue weighted by atomic mass is 79.9. The van der Waals surface area contributed by atoms with Crippen molar-refractivity contribution in [1.29, 1.82) is 0 Å². The van der Waals surface area contributed by atoms with E-state index in [2.05, 4.69) is 15.9 Å². The van der Waals surface area contributed by atoms with Gasteiger partial charge in [0.1, 0.15) is 41.2 Å². The van der Waals surface area contributed by atoms with Gasteiger partial charge in [0, 0.05) is 40.5 Å². The highest BCUT2D eigenvalue weighted by Crippen LogP contribution is 2.81. The lowest BCUT2D eigenvalue weighted by molar-refractivity contribution is -0.276. The number of aliphatic hydroxyl groups is 4. The number of fused-ring (bicyclic) bond motifs is 9. The van der Waals surface area contributed by atoms with Gasteiger partial charge in [-0.1, -0.05) is 26.0 Å². The van der Waals surface area contributed by atoms with Crippen molar-refractivity contribution in [3.05, 3.63) is 28.7 Å². The Kier molecular flexibility index (Phi) is 9.00. The van der Waals surface area contributed by atoms with Gasteiger partial charge in [-0.25, -0.2) is 4.79 Å². The lowest BCUT2D eigenvalue weighted by atomic mass is 9.39. The lowest BCUT2D eigenvalue weighted by Crippen LogP contribution is -2.78. The van der Waals surface area contributed by atoms with Crippen LogP contribution in [0.5, 0.6) is 0 Å². The molecule has 1 unspecified atom stereocenters. The number of halogens is 4. The van der Waals surface area contributed by atoms with Crippen molar-refractivity contribution in [1.82, 2.24) is 5.32 Å². The van der Waals surface area contributed by atoms with Crippen molar-refractivity contribution < 1.29 is 84.3 Å². The zero-order valence-corrected chi connectivity index (χ0v) is 35.4. The SMILES string of the molecule is CC(=O)O[C@H]1[C@H]2[C@@H]([C@@H](OS(=O)(=O)c3ccccc3Br)[C@@H](NC(=O)C(F)(F)F)C3C[C@@H]4O[C@@H]4[C@H](O)[C@@]32C)[C@@H]2[C@@H](O)[C@@H]3[C@H]([C@H](C)[C@H]4O[C@]45OC(=O)[C@@](C)(O)[C@]35C)[C@@]2(C(C)=O)[C@H]1O. The van der Waals surface area contributed by atoms with Crippen LogP contribution in [0.25, 0.3) is 0 Å². The minimum absolute atomic E-state index is 0.0124. The number of hydrogen-bond acceptors (Lipinski definition) is 15. The van der Waals surface area contributed by atoms with E-state index in [-0.39, 0.29) is 10.9 Å². The molecule has 5 saturated carbocycles. The Morgan fingerprint density at radius 2 is 1.63 bits per heavy atom. The van der Waals surface area contributed by atoms with Crippen LogP contribution in [0.4, 0.5) is 13.2 Å². The third-order valence-electron chi connectivity index (χ3n) is 16.5. The maximum absolute atomic E-state index is 14.9. The summed E-state index contributed by atoms with van der Waals surface area (Å²) in [6, 6.07) is 3.40. The van der Waals surface area contributed by atoms with Crippen molar-refractivity contribution in [2.24, 2.45) is 57.7 Å². The molecule has 8 aliphatic rings. The average Bonchev–Trinajstić information content (AvgIpc) is 4.05. The smallest absolute Gasteiger partial charge is 0.459 e. The van der Waals surface area contributed by atoms with Gasteiger partial charge in [-0.3, -0.25) is 18.6 Å². The van der Waals surface area contributed by atoms with Gasteiger partial charge >= 0.3 is 24.0 Å². The Morgan fingerprint density at radius 3 is 2.23 bits per heavy atom. The Balaban J connectivity index is 1.35. The summed E-state index contributed by atoms with van der Waals surface area (Å²) in [5.74, 6) is -17.2. The molecule has 330 valence electrons. The Morgan fingerprint density at radius 1 is 0.983 bits per heavy atom. The molecule has 8 fully saturated rings. The molecule has 21 heteroatoms. The number of esters is 2. The molecule has 0 bridgehead atoms. The lowest BCUT2D eigenvalue weighted by Gasteiger charge is -2.67.